The summed E-state index contributed by atoms with van der Waals surface area (Å²) in [5.74, 6) is -36.3. The fourth-order valence-corrected chi connectivity index (χ4v) is 3.66. The lowest BCUT2D eigenvalue weighted by atomic mass is 9.85. The molecule has 0 radical (unpaired) electrons. The molecule has 0 fully saturated rings. The van der Waals surface area contributed by atoms with Gasteiger partial charge in [0.1, 0.15) is 0 Å². The Morgan fingerprint density at radius 3 is 1.94 bits per heavy atom. The second-order valence-electron chi connectivity index (χ2n) is 7.17. The molecule has 0 aromatic carbocycles. The molecular formula is C18H13F13IO2-. The average molecular weight is 635 g/mol. The van der Waals surface area contributed by atoms with Gasteiger partial charge in [-0.05, 0) is 54.0 Å². The van der Waals surface area contributed by atoms with Crippen LogP contribution in [0.3, 0.4) is 0 Å². The summed E-state index contributed by atoms with van der Waals surface area (Å²) in [6.45, 7) is 0. The number of carboxylic acids is 1. The monoisotopic (exact) mass is 635 g/mol. The predicted molar refractivity (Wildman–Crippen MR) is 97.1 cm³/mol. The Morgan fingerprint density at radius 1 is 0.941 bits per heavy atom. The van der Waals surface area contributed by atoms with Crippen molar-refractivity contribution in [1.29, 1.82) is 0 Å². The van der Waals surface area contributed by atoms with Crippen LogP contribution in [0.5, 0.6) is 0 Å². The lowest BCUT2D eigenvalue weighted by molar-refractivity contribution is -0.421. The molecule has 0 N–H and O–H groups in total. The lowest BCUT2D eigenvalue weighted by Crippen LogP contribution is -2.66. The molecule has 2 nitrogen and oxygen atoms in total. The average Bonchev–Trinajstić information content (AvgIpc) is 2.61. The van der Waals surface area contributed by atoms with E-state index >= 15 is 0 Å². The first-order valence-corrected chi connectivity index (χ1v) is 10.0. The Balaban J connectivity index is 2.84. The molecule has 0 amide bonds. The quantitative estimate of drug-likeness (QED) is 0.120. The van der Waals surface area contributed by atoms with Crippen molar-refractivity contribution in [1.82, 2.24) is 0 Å². The highest BCUT2D eigenvalue weighted by atomic mass is 127. The van der Waals surface area contributed by atoms with E-state index < -0.39 is 54.1 Å². The summed E-state index contributed by atoms with van der Waals surface area (Å²) in [5, 5.41) is 11.0. The number of allylic oxidation sites excluding steroid dienone is 5. The molecule has 0 bridgehead atoms. The Hall–Kier alpha value is -1.49. The first-order chi connectivity index (χ1) is 15.0. The third-order valence-electron chi connectivity index (χ3n) is 4.63. The highest BCUT2D eigenvalue weighted by molar-refractivity contribution is 14.1. The molecule has 1 aliphatic carbocycles. The topological polar surface area (TPSA) is 40.1 Å². The van der Waals surface area contributed by atoms with Crippen molar-refractivity contribution >= 4 is 28.6 Å². The lowest BCUT2D eigenvalue weighted by Gasteiger charge is -2.37. The van der Waals surface area contributed by atoms with Crippen LogP contribution in [-0.2, 0) is 4.79 Å². The van der Waals surface area contributed by atoms with Crippen LogP contribution in [0.25, 0.3) is 0 Å². The number of carboxylic acid groups (broad SMARTS) is 1. The molecular weight excluding hydrogens is 622 g/mol. The second-order valence-corrected chi connectivity index (χ2v) is 8.41. The number of aliphatic carboxylic acids is 1. The van der Waals surface area contributed by atoms with E-state index in [1.807, 2.05) is 0 Å². The van der Waals surface area contributed by atoms with Crippen LogP contribution in [0.4, 0.5) is 57.1 Å². The number of halogens is 14. The van der Waals surface area contributed by atoms with Crippen molar-refractivity contribution in [3.63, 3.8) is 0 Å². The van der Waals surface area contributed by atoms with Gasteiger partial charge in [0.05, 0.1) is 11.9 Å². The highest BCUT2D eigenvalue weighted by Crippen LogP contribution is 2.58. The normalized spacial score (nSPS) is 20.4. The molecule has 196 valence electrons. The van der Waals surface area contributed by atoms with Gasteiger partial charge >= 0.3 is 29.9 Å². The third-order valence-corrected chi connectivity index (χ3v) is 5.25. The fraction of sp³-hybridized carbons (Fsp3) is 0.611. The van der Waals surface area contributed by atoms with Gasteiger partial charge in [-0.1, -0.05) is 17.7 Å². The van der Waals surface area contributed by atoms with Gasteiger partial charge in [-0.15, -0.1) is 0 Å². The molecule has 0 saturated heterocycles. The molecule has 0 heterocycles. The third kappa shape index (κ3) is 5.83. The van der Waals surface area contributed by atoms with Crippen molar-refractivity contribution in [2.24, 2.45) is 5.92 Å². The number of alkyl halides is 13. The van der Waals surface area contributed by atoms with Gasteiger partial charge in [0.2, 0.25) is 0 Å². The van der Waals surface area contributed by atoms with Crippen LogP contribution < -0.4 is 5.11 Å². The smallest absolute Gasteiger partial charge is 0.460 e. The van der Waals surface area contributed by atoms with Crippen molar-refractivity contribution < 1.29 is 67.0 Å². The SMILES string of the molecule is O=C([O-])C1C(CCCC=CCC(F)(F)C(F)(F)C(F)(F)C(F)(F)C(F)(F)F)=CC(I)=CC1(F)F. The molecule has 1 aliphatic rings. The van der Waals surface area contributed by atoms with E-state index in [4.69, 9.17) is 0 Å². The van der Waals surface area contributed by atoms with Crippen molar-refractivity contribution in [2.45, 2.75) is 61.5 Å². The summed E-state index contributed by atoms with van der Waals surface area (Å²) in [7, 11) is 0. The first-order valence-electron chi connectivity index (χ1n) is 8.93. The fourth-order valence-electron chi connectivity index (χ4n) is 2.85. The van der Waals surface area contributed by atoms with E-state index in [1.54, 1.807) is 0 Å². The van der Waals surface area contributed by atoms with Crippen LogP contribution in [0, 0.1) is 5.92 Å². The van der Waals surface area contributed by atoms with Gasteiger partial charge in [-0.2, -0.15) is 48.3 Å². The molecule has 0 spiro atoms. The van der Waals surface area contributed by atoms with Crippen LogP contribution in [-0.4, -0.2) is 41.8 Å². The predicted octanol–water partition coefficient (Wildman–Crippen LogP) is 6.47. The van der Waals surface area contributed by atoms with Gasteiger partial charge in [-0.3, -0.25) is 0 Å². The van der Waals surface area contributed by atoms with Gasteiger partial charge in [0.15, 0.2) is 0 Å². The molecule has 0 saturated carbocycles. The summed E-state index contributed by atoms with van der Waals surface area (Å²) in [6, 6.07) is 0. The number of unbranched alkanes of at least 4 members (excludes halogenated alkanes) is 1. The Kier molecular flexibility index (Phi) is 8.87. The number of hydrogen-bond acceptors (Lipinski definition) is 2. The Morgan fingerprint density at radius 2 is 1.47 bits per heavy atom. The van der Waals surface area contributed by atoms with Crippen LogP contribution in [0.15, 0.2) is 33.5 Å². The molecule has 0 aromatic heterocycles. The first kappa shape index (κ1) is 30.5. The van der Waals surface area contributed by atoms with Crippen molar-refractivity contribution in [3.05, 3.63) is 33.5 Å². The maximum Gasteiger partial charge on any atom is 0.460 e. The largest absolute Gasteiger partial charge is 0.549 e. The zero-order chi connectivity index (χ0) is 27.0. The van der Waals surface area contributed by atoms with E-state index in [-0.39, 0.29) is 34.5 Å². The van der Waals surface area contributed by atoms with Gasteiger partial charge in [0.25, 0.3) is 5.92 Å². The van der Waals surface area contributed by atoms with Gasteiger partial charge in [-0.25, -0.2) is 8.78 Å². The molecule has 0 aromatic rings. The highest BCUT2D eigenvalue weighted by Gasteiger charge is 2.86. The summed E-state index contributed by atoms with van der Waals surface area (Å²) in [4.78, 5) is 11.0. The minimum atomic E-state index is -7.49. The van der Waals surface area contributed by atoms with Crippen LogP contribution >= 0.6 is 22.6 Å². The zero-order valence-electron chi connectivity index (χ0n) is 16.3. The molecule has 1 unspecified atom stereocenters. The second kappa shape index (κ2) is 9.87. The van der Waals surface area contributed by atoms with E-state index in [0.29, 0.717) is 12.2 Å². The Bertz CT molecular complexity index is 856. The summed E-state index contributed by atoms with van der Waals surface area (Å²) >= 11 is 1.48. The van der Waals surface area contributed by atoms with E-state index in [9.17, 15) is 67.0 Å². The van der Waals surface area contributed by atoms with Crippen LogP contribution in [0.1, 0.15) is 25.7 Å². The van der Waals surface area contributed by atoms with E-state index in [1.165, 1.54) is 22.6 Å². The standard InChI is InChI=1S/C18H14F13IO2/c19-13(20)8-10(32)7-9(11(13)12(33)34)5-3-1-2-4-6-14(21,22)15(23,24)16(25,26)17(27,28)18(29,30)31/h2,4,7-8,11H,1,3,5-6H2,(H,33,34)/p-1. The number of carbonyl (C=O) groups is 1. The molecule has 16 heteroatoms. The summed E-state index contributed by atoms with van der Waals surface area (Å²) < 4.78 is 169. The molecule has 34 heavy (non-hydrogen) atoms. The molecule has 1 rings (SSSR count). The van der Waals surface area contributed by atoms with E-state index in [0.717, 1.165) is 6.08 Å². The minimum Gasteiger partial charge on any atom is -0.549 e. The number of rotatable bonds is 10. The maximum absolute atomic E-state index is 13.9. The summed E-state index contributed by atoms with van der Waals surface area (Å²) in [5.41, 5.74) is -0.309. The van der Waals surface area contributed by atoms with Crippen LogP contribution in [0.2, 0.25) is 0 Å². The van der Waals surface area contributed by atoms with E-state index in [2.05, 4.69) is 0 Å². The minimum absolute atomic E-state index is 0.0240. The van der Waals surface area contributed by atoms with Gasteiger partial charge in [0, 0.05) is 10.0 Å². The Labute approximate surface area is 196 Å². The summed E-state index contributed by atoms with van der Waals surface area (Å²) in [6.07, 6.45) is -8.34. The van der Waals surface area contributed by atoms with Crippen molar-refractivity contribution in [2.75, 3.05) is 0 Å². The van der Waals surface area contributed by atoms with Crippen molar-refractivity contribution in [3.8, 4) is 0 Å². The van der Waals surface area contributed by atoms with Gasteiger partial charge < -0.3 is 9.90 Å². The maximum atomic E-state index is 13.9. The zero-order valence-corrected chi connectivity index (χ0v) is 18.5. The molecule has 0 aliphatic heterocycles. The number of hydrogen-bond donors (Lipinski definition) is 0. The molecule has 1 atom stereocenters. The number of carbonyl (C=O) groups excluding carboxylic acids is 1.